The summed E-state index contributed by atoms with van der Waals surface area (Å²) in [6, 6.07) is 12.6. The highest BCUT2D eigenvalue weighted by atomic mass is 35.5. The summed E-state index contributed by atoms with van der Waals surface area (Å²) >= 11 is 6.10. The molecule has 0 saturated carbocycles. The fraction of sp³-hybridized carbons (Fsp3) is 0.294. The first-order valence-corrected chi connectivity index (χ1v) is 7.36. The highest BCUT2D eigenvalue weighted by Crippen LogP contribution is 2.26. The van der Waals surface area contributed by atoms with E-state index in [2.05, 4.69) is 5.32 Å². The SMILES string of the molecule is CCOc1ccc(C(Cc2c(F)cccc2Cl)NC)cc1. The van der Waals surface area contributed by atoms with Gasteiger partial charge in [0.25, 0.3) is 0 Å². The molecule has 0 aliphatic carbocycles. The Labute approximate surface area is 129 Å². The lowest BCUT2D eigenvalue weighted by Gasteiger charge is -2.18. The van der Waals surface area contributed by atoms with Gasteiger partial charge in [0, 0.05) is 16.6 Å². The second-order valence-corrected chi connectivity index (χ2v) is 5.15. The van der Waals surface area contributed by atoms with Crippen LogP contribution in [0.4, 0.5) is 4.39 Å². The van der Waals surface area contributed by atoms with Crippen molar-refractivity contribution in [2.24, 2.45) is 0 Å². The molecule has 2 aromatic rings. The molecule has 1 N–H and O–H groups in total. The van der Waals surface area contributed by atoms with Crippen molar-refractivity contribution in [2.45, 2.75) is 19.4 Å². The molecule has 0 aliphatic heterocycles. The van der Waals surface area contributed by atoms with Crippen LogP contribution in [0.3, 0.4) is 0 Å². The van der Waals surface area contributed by atoms with Gasteiger partial charge in [-0.25, -0.2) is 4.39 Å². The molecule has 112 valence electrons. The van der Waals surface area contributed by atoms with Gasteiger partial charge >= 0.3 is 0 Å². The van der Waals surface area contributed by atoms with E-state index in [4.69, 9.17) is 16.3 Å². The number of nitrogens with one attached hydrogen (secondary N) is 1. The Morgan fingerprint density at radius 2 is 1.90 bits per heavy atom. The van der Waals surface area contributed by atoms with Gasteiger partial charge in [0.2, 0.25) is 0 Å². The molecule has 0 aliphatic rings. The minimum absolute atomic E-state index is 0.00456. The molecule has 0 bridgehead atoms. The summed E-state index contributed by atoms with van der Waals surface area (Å²) in [6.45, 7) is 2.59. The van der Waals surface area contributed by atoms with E-state index >= 15 is 0 Å². The molecule has 4 heteroatoms. The van der Waals surface area contributed by atoms with E-state index in [1.807, 2.05) is 38.2 Å². The van der Waals surface area contributed by atoms with E-state index in [9.17, 15) is 4.39 Å². The third-order valence-corrected chi connectivity index (χ3v) is 3.77. The third-order valence-electron chi connectivity index (χ3n) is 3.41. The number of hydrogen-bond acceptors (Lipinski definition) is 2. The zero-order chi connectivity index (χ0) is 15.2. The van der Waals surface area contributed by atoms with Gasteiger partial charge in [-0.1, -0.05) is 29.8 Å². The monoisotopic (exact) mass is 307 g/mol. The Morgan fingerprint density at radius 3 is 2.48 bits per heavy atom. The van der Waals surface area contributed by atoms with E-state index < -0.39 is 0 Å². The molecule has 0 heterocycles. The first kappa shape index (κ1) is 15.8. The van der Waals surface area contributed by atoms with E-state index in [1.54, 1.807) is 12.1 Å². The van der Waals surface area contributed by atoms with Crippen LogP contribution in [0.1, 0.15) is 24.1 Å². The van der Waals surface area contributed by atoms with Crippen LogP contribution in [0.15, 0.2) is 42.5 Å². The van der Waals surface area contributed by atoms with Gasteiger partial charge in [0.15, 0.2) is 0 Å². The van der Waals surface area contributed by atoms with E-state index in [0.717, 1.165) is 11.3 Å². The quantitative estimate of drug-likeness (QED) is 0.855. The second kappa shape index (κ2) is 7.43. The minimum Gasteiger partial charge on any atom is -0.494 e. The lowest BCUT2D eigenvalue weighted by atomic mass is 9.98. The predicted molar refractivity (Wildman–Crippen MR) is 84.5 cm³/mol. The zero-order valence-corrected chi connectivity index (χ0v) is 13.0. The molecule has 1 unspecified atom stereocenters. The summed E-state index contributed by atoms with van der Waals surface area (Å²) in [5.41, 5.74) is 1.60. The van der Waals surface area contributed by atoms with Crippen molar-refractivity contribution >= 4 is 11.6 Å². The highest BCUT2D eigenvalue weighted by molar-refractivity contribution is 6.31. The van der Waals surface area contributed by atoms with E-state index in [-0.39, 0.29) is 11.9 Å². The van der Waals surface area contributed by atoms with Gasteiger partial charge in [0.05, 0.1) is 6.61 Å². The number of benzene rings is 2. The fourth-order valence-corrected chi connectivity index (χ4v) is 2.52. The van der Waals surface area contributed by atoms with Crippen molar-refractivity contribution in [1.29, 1.82) is 0 Å². The largest absolute Gasteiger partial charge is 0.494 e. The molecule has 0 radical (unpaired) electrons. The normalized spacial score (nSPS) is 12.2. The van der Waals surface area contributed by atoms with Crippen LogP contribution in [-0.2, 0) is 6.42 Å². The molecule has 1 atom stereocenters. The summed E-state index contributed by atoms with van der Waals surface area (Å²) in [5.74, 6) is 0.564. The molecule has 0 fully saturated rings. The van der Waals surface area contributed by atoms with Gasteiger partial charge in [-0.15, -0.1) is 0 Å². The predicted octanol–water partition coefficient (Wildman–Crippen LogP) is 4.38. The van der Waals surface area contributed by atoms with Gasteiger partial charge in [-0.05, 0) is 50.2 Å². The first-order valence-electron chi connectivity index (χ1n) is 6.98. The molecule has 21 heavy (non-hydrogen) atoms. The van der Waals surface area contributed by atoms with E-state index in [1.165, 1.54) is 6.07 Å². The molecule has 0 saturated heterocycles. The maximum atomic E-state index is 13.9. The third kappa shape index (κ3) is 3.96. The van der Waals surface area contributed by atoms with Gasteiger partial charge < -0.3 is 10.1 Å². The Kier molecular flexibility index (Phi) is 5.59. The Morgan fingerprint density at radius 1 is 1.19 bits per heavy atom. The van der Waals surface area contributed by atoms with Crippen molar-refractivity contribution in [2.75, 3.05) is 13.7 Å². The maximum absolute atomic E-state index is 13.9. The van der Waals surface area contributed by atoms with Gasteiger partial charge in [-0.3, -0.25) is 0 Å². The molecule has 0 amide bonds. The smallest absolute Gasteiger partial charge is 0.127 e. The molecular weight excluding hydrogens is 289 g/mol. The lowest BCUT2D eigenvalue weighted by Crippen LogP contribution is -2.19. The van der Waals surface area contributed by atoms with Crippen LogP contribution in [-0.4, -0.2) is 13.7 Å². The van der Waals surface area contributed by atoms with Crippen LogP contribution in [0.5, 0.6) is 5.75 Å². The average Bonchev–Trinajstić information content (AvgIpc) is 2.49. The molecule has 2 nitrogen and oxygen atoms in total. The minimum atomic E-state index is -0.270. The maximum Gasteiger partial charge on any atom is 0.127 e. The standard InChI is InChI=1S/C17H19ClFNO/c1-3-21-13-9-7-12(8-10-13)17(20-2)11-14-15(18)5-4-6-16(14)19/h4-10,17,20H,3,11H2,1-2H3. The Bertz CT molecular complexity index is 566. The summed E-state index contributed by atoms with van der Waals surface area (Å²) in [5, 5.41) is 3.67. The molecule has 2 aromatic carbocycles. The van der Waals surface area contributed by atoms with Gasteiger partial charge in [-0.2, -0.15) is 0 Å². The first-order chi connectivity index (χ1) is 10.2. The van der Waals surface area contributed by atoms with Crippen molar-refractivity contribution in [3.8, 4) is 5.75 Å². The summed E-state index contributed by atoms with van der Waals surface area (Å²) in [6.07, 6.45) is 0.496. The summed E-state index contributed by atoms with van der Waals surface area (Å²) in [7, 11) is 1.86. The summed E-state index contributed by atoms with van der Waals surface area (Å²) < 4.78 is 19.3. The topological polar surface area (TPSA) is 21.3 Å². The highest BCUT2D eigenvalue weighted by Gasteiger charge is 2.15. The number of hydrogen-bond donors (Lipinski definition) is 1. The number of halogens is 2. The van der Waals surface area contributed by atoms with Crippen LogP contribution in [0.25, 0.3) is 0 Å². The summed E-state index contributed by atoms with van der Waals surface area (Å²) in [4.78, 5) is 0. The Balaban J connectivity index is 2.19. The van der Waals surface area contributed by atoms with Crippen LogP contribution >= 0.6 is 11.6 Å². The van der Waals surface area contributed by atoms with Crippen molar-refractivity contribution < 1.29 is 9.13 Å². The number of ether oxygens (including phenoxy) is 1. The van der Waals surface area contributed by atoms with Crippen LogP contribution in [0, 0.1) is 5.82 Å². The van der Waals surface area contributed by atoms with E-state index in [0.29, 0.717) is 23.6 Å². The average molecular weight is 308 g/mol. The van der Waals surface area contributed by atoms with Gasteiger partial charge in [0.1, 0.15) is 11.6 Å². The lowest BCUT2D eigenvalue weighted by molar-refractivity contribution is 0.340. The fourth-order valence-electron chi connectivity index (χ4n) is 2.28. The van der Waals surface area contributed by atoms with Crippen LogP contribution < -0.4 is 10.1 Å². The molecule has 2 rings (SSSR count). The van der Waals surface area contributed by atoms with Crippen LogP contribution in [0.2, 0.25) is 5.02 Å². The zero-order valence-electron chi connectivity index (χ0n) is 12.2. The molecular formula is C17H19ClFNO. The number of likely N-dealkylation sites (N-methyl/N-ethyl adjacent to an activating group) is 1. The Hall–Kier alpha value is -1.58. The van der Waals surface area contributed by atoms with Crippen molar-refractivity contribution in [3.63, 3.8) is 0 Å². The number of rotatable bonds is 6. The van der Waals surface area contributed by atoms with Crippen molar-refractivity contribution in [3.05, 3.63) is 64.4 Å². The second-order valence-electron chi connectivity index (χ2n) is 4.75. The molecule has 0 spiro atoms. The van der Waals surface area contributed by atoms with Crippen molar-refractivity contribution in [1.82, 2.24) is 5.32 Å². The molecule has 0 aromatic heterocycles.